The van der Waals surface area contributed by atoms with Crippen molar-refractivity contribution in [2.75, 3.05) is 33.4 Å². The Bertz CT molecular complexity index is 1370. The standard InChI is InChI=1S/C24H24ClN5O4/c1-33-23-12-18(6-7-22(23)34-11-10-28-9-8-19(31)14-28)29-15-26-30-21(24(29)32)13-20(27-30)16-2-4-17(25)5-3-16/h2-7,12-13,15,19,31H,8-11,14H2,1H3. The van der Waals surface area contributed by atoms with Crippen molar-refractivity contribution >= 4 is 17.1 Å². The second-order valence-corrected chi connectivity index (χ2v) is 8.58. The van der Waals surface area contributed by atoms with Gasteiger partial charge in [-0.25, -0.2) is 0 Å². The number of ether oxygens (including phenoxy) is 2. The lowest BCUT2D eigenvalue weighted by molar-refractivity contribution is 0.166. The molecule has 0 amide bonds. The molecular weight excluding hydrogens is 458 g/mol. The van der Waals surface area contributed by atoms with Gasteiger partial charge in [-0.1, -0.05) is 23.7 Å². The van der Waals surface area contributed by atoms with Gasteiger partial charge in [0.1, 0.15) is 12.9 Å². The highest BCUT2D eigenvalue weighted by atomic mass is 35.5. The van der Waals surface area contributed by atoms with E-state index in [1.54, 1.807) is 43.5 Å². The molecule has 34 heavy (non-hydrogen) atoms. The number of β-amino-alcohol motifs (C(OH)–C–C–N with tert-alkyl or cyclic N) is 1. The highest BCUT2D eigenvalue weighted by molar-refractivity contribution is 6.30. The first-order valence-electron chi connectivity index (χ1n) is 11.0. The van der Waals surface area contributed by atoms with Gasteiger partial charge in [0.15, 0.2) is 17.0 Å². The first-order chi connectivity index (χ1) is 16.5. The highest BCUT2D eigenvalue weighted by Gasteiger charge is 2.20. The van der Waals surface area contributed by atoms with E-state index >= 15 is 0 Å². The van der Waals surface area contributed by atoms with Crippen LogP contribution in [0.5, 0.6) is 11.5 Å². The number of fused-ring (bicyclic) bond motifs is 1. The molecule has 2 aromatic carbocycles. The normalized spacial score (nSPS) is 16.3. The van der Waals surface area contributed by atoms with Gasteiger partial charge in [-0.05, 0) is 36.8 Å². The van der Waals surface area contributed by atoms with E-state index < -0.39 is 0 Å². The molecule has 1 atom stereocenters. The molecule has 1 N–H and O–H groups in total. The molecule has 0 spiro atoms. The second-order valence-electron chi connectivity index (χ2n) is 8.14. The minimum atomic E-state index is -0.258. The molecule has 2 aromatic heterocycles. The number of benzene rings is 2. The summed E-state index contributed by atoms with van der Waals surface area (Å²) in [6.45, 7) is 2.73. The van der Waals surface area contributed by atoms with E-state index in [1.165, 1.54) is 15.5 Å². The molecule has 1 aliphatic heterocycles. The quantitative estimate of drug-likeness (QED) is 0.433. The van der Waals surface area contributed by atoms with Gasteiger partial charge < -0.3 is 14.6 Å². The lowest BCUT2D eigenvalue weighted by atomic mass is 10.1. The Morgan fingerprint density at radius 2 is 1.97 bits per heavy atom. The number of aliphatic hydroxyl groups is 1. The number of hydrogen-bond acceptors (Lipinski definition) is 7. The van der Waals surface area contributed by atoms with Crippen LogP contribution in [0.4, 0.5) is 0 Å². The summed E-state index contributed by atoms with van der Waals surface area (Å²) in [4.78, 5) is 15.4. The van der Waals surface area contributed by atoms with Crippen LogP contribution in [-0.4, -0.2) is 68.9 Å². The van der Waals surface area contributed by atoms with Crippen molar-refractivity contribution < 1.29 is 14.6 Å². The van der Waals surface area contributed by atoms with Gasteiger partial charge in [0.2, 0.25) is 0 Å². The Hall–Kier alpha value is -3.40. The molecule has 4 aromatic rings. The fraction of sp³-hybridized carbons (Fsp3) is 0.292. The van der Waals surface area contributed by atoms with Crippen LogP contribution >= 0.6 is 11.6 Å². The Kier molecular flexibility index (Phi) is 6.23. The average Bonchev–Trinajstić information content (AvgIpc) is 3.47. The average molecular weight is 482 g/mol. The van der Waals surface area contributed by atoms with Crippen LogP contribution in [-0.2, 0) is 0 Å². The van der Waals surface area contributed by atoms with Crippen LogP contribution in [0.1, 0.15) is 6.42 Å². The predicted molar refractivity (Wildman–Crippen MR) is 128 cm³/mol. The van der Waals surface area contributed by atoms with Gasteiger partial charge in [-0.2, -0.15) is 0 Å². The molecule has 176 valence electrons. The number of hydrogen-bond donors (Lipinski definition) is 1. The molecule has 9 nitrogen and oxygen atoms in total. The maximum Gasteiger partial charge on any atom is 0.284 e. The number of halogens is 1. The summed E-state index contributed by atoms with van der Waals surface area (Å²) in [5.41, 5.74) is 2.16. The Morgan fingerprint density at radius 3 is 2.71 bits per heavy atom. The molecule has 0 saturated carbocycles. The minimum Gasteiger partial charge on any atom is -0.493 e. The zero-order valence-electron chi connectivity index (χ0n) is 18.6. The fourth-order valence-corrected chi connectivity index (χ4v) is 4.18. The molecule has 10 heteroatoms. The van der Waals surface area contributed by atoms with Crippen molar-refractivity contribution in [1.82, 2.24) is 24.3 Å². The Morgan fingerprint density at radius 1 is 1.15 bits per heavy atom. The van der Waals surface area contributed by atoms with Crippen molar-refractivity contribution in [2.24, 2.45) is 0 Å². The van der Waals surface area contributed by atoms with Gasteiger partial charge in [0.05, 0.1) is 24.6 Å². The molecule has 0 aliphatic carbocycles. The lowest BCUT2D eigenvalue weighted by Gasteiger charge is -2.17. The van der Waals surface area contributed by atoms with Gasteiger partial charge in [0, 0.05) is 36.3 Å². The van der Waals surface area contributed by atoms with Crippen molar-refractivity contribution in [3.05, 3.63) is 70.2 Å². The number of aliphatic hydroxyl groups excluding tert-OH is 1. The maximum atomic E-state index is 13.2. The highest BCUT2D eigenvalue weighted by Crippen LogP contribution is 2.29. The lowest BCUT2D eigenvalue weighted by Crippen LogP contribution is -2.27. The summed E-state index contributed by atoms with van der Waals surface area (Å²) in [6.07, 6.45) is 1.97. The van der Waals surface area contributed by atoms with Gasteiger partial charge in [0.25, 0.3) is 5.56 Å². The van der Waals surface area contributed by atoms with Crippen LogP contribution in [0.25, 0.3) is 22.5 Å². The van der Waals surface area contributed by atoms with Crippen LogP contribution in [0, 0.1) is 0 Å². The second kappa shape index (κ2) is 9.46. The van der Waals surface area contributed by atoms with E-state index in [0.717, 1.165) is 25.1 Å². The van der Waals surface area contributed by atoms with Crippen molar-refractivity contribution in [2.45, 2.75) is 12.5 Å². The van der Waals surface area contributed by atoms with Crippen molar-refractivity contribution in [3.8, 4) is 28.4 Å². The van der Waals surface area contributed by atoms with Crippen LogP contribution in [0.2, 0.25) is 5.02 Å². The summed E-state index contributed by atoms with van der Waals surface area (Å²) < 4.78 is 14.2. The first kappa shape index (κ1) is 22.4. The third-order valence-corrected chi connectivity index (χ3v) is 6.14. The molecule has 1 saturated heterocycles. The zero-order chi connectivity index (χ0) is 23.7. The van der Waals surface area contributed by atoms with Crippen LogP contribution in [0.3, 0.4) is 0 Å². The van der Waals surface area contributed by atoms with E-state index in [4.69, 9.17) is 21.1 Å². The predicted octanol–water partition coefficient (Wildman–Crippen LogP) is 2.65. The summed E-state index contributed by atoms with van der Waals surface area (Å²) in [5.74, 6) is 1.10. The summed E-state index contributed by atoms with van der Waals surface area (Å²) >= 11 is 5.97. The number of methoxy groups -OCH3 is 1. The molecule has 0 bridgehead atoms. The van der Waals surface area contributed by atoms with Crippen molar-refractivity contribution in [1.29, 1.82) is 0 Å². The summed E-state index contributed by atoms with van der Waals surface area (Å²) in [6, 6.07) is 14.3. The molecular formula is C24H24ClN5O4. The molecule has 1 fully saturated rings. The molecule has 1 aliphatic rings. The van der Waals surface area contributed by atoms with E-state index in [-0.39, 0.29) is 11.7 Å². The third-order valence-electron chi connectivity index (χ3n) is 5.88. The molecule has 0 radical (unpaired) electrons. The van der Waals surface area contributed by atoms with E-state index in [0.29, 0.717) is 46.6 Å². The smallest absolute Gasteiger partial charge is 0.284 e. The zero-order valence-corrected chi connectivity index (χ0v) is 19.4. The van der Waals surface area contributed by atoms with Gasteiger partial charge >= 0.3 is 0 Å². The largest absolute Gasteiger partial charge is 0.493 e. The van der Waals surface area contributed by atoms with Crippen LogP contribution < -0.4 is 15.0 Å². The summed E-state index contributed by atoms with van der Waals surface area (Å²) in [7, 11) is 1.56. The minimum absolute atomic E-state index is 0.254. The van der Waals surface area contributed by atoms with E-state index in [9.17, 15) is 9.90 Å². The first-order valence-corrected chi connectivity index (χ1v) is 11.3. The maximum absolute atomic E-state index is 13.2. The van der Waals surface area contributed by atoms with Crippen molar-refractivity contribution in [3.63, 3.8) is 0 Å². The third kappa shape index (κ3) is 4.50. The molecule has 3 heterocycles. The number of rotatable bonds is 7. The van der Waals surface area contributed by atoms with Gasteiger partial charge in [-0.15, -0.1) is 14.8 Å². The Balaban J connectivity index is 1.38. The number of likely N-dealkylation sites (tertiary alicyclic amines) is 1. The summed E-state index contributed by atoms with van der Waals surface area (Å²) in [5, 5.41) is 19.0. The number of nitrogens with zero attached hydrogens (tertiary/aromatic N) is 5. The Labute approximate surface area is 200 Å². The monoisotopic (exact) mass is 481 g/mol. The molecule has 1 unspecified atom stereocenters. The topological polar surface area (TPSA) is 94.1 Å². The van der Waals surface area contributed by atoms with Gasteiger partial charge in [-0.3, -0.25) is 14.3 Å². The van der Waals surface area contributed by atoms with E-state index in [1.807, 2.05) is 12.1 Å². The fourth-order valence-electron chi connectivity index (χ4n) is 4.05. The SMILES string of the molecule is COc1cc(-n2cnn3nc(-c4ccc(Cl)cc4)cc3c2=O)ccc1OCCN1CCC(O)C1. The van der Waals surface area contributed by atoms with E-state index in [2.05, 4.69) is 15.1 Å². The van der Waals surface area contributed by atoms with Crippen LogP contribution in [0.15, 0.2) is 59.7 Å². The number of aromatic nitrogens is 4. The molecule has 5 rings (SSSR count).